The summed E-state index contributed by atoms with van der Waals surface area (Å²) in [5.41, 5.74) is 3.40. The normalized spacial score (nSPS) is 22.3. The van der Waals surface area contributed by atoms with Crippen molar-refractivity contribution in [2.75, 3.05) is 5.32 Å². The van der Waals surface area contributed by atoms with Gasteiger partial charge in [0.15, 0.2) is 0 Å². The van der Waals surface area contributed by atoms with Gasteiger partial charge >= 0.3 is 0 Å². The van der Waals surface area contributed by atoms with Gasteiger partial charge in [-0.05, 0) is 61.4 Å². The second kappa shape index (κ2) is 8.78. The fourth-order valence-electron chi connectivity index (χ4n) is 4.69. The molecule has 5 rings (SSSR count). The van der Waals surface area contributed by atoms with Gasteiger partial charge in [-0.2, -0.15) is 5.10 Å². The van der Waals surface area contributed by atoms with Crippen LogP contribution in [0.4, 0.5) is 5.69 Å². The van der Waals surface area contributed by atoms with E-state index in [1.807, 2.05) is 23.1 Å². The predicted octanol–water partition coefficient (Wildman–Crippen LogP) is 4.79. The molecule has 1 aliphatic carbocycles. The van der Waals surface area contributed by atoms with Gasteiger partial charge in [0.2, 0.25) is 5.96 Å². The van der Waals surface area contributed by atoms with Crippen LogP contribution in [-0.4, -0.2) is 32.8 Å². The van der Waals surface area contributed by atoms with Crippen LogP contribution in [0.1, 0.15) is 51.4 Å². The quantitative estimate of drug-likeness (QED) is 0.775. The number of anilines is 1. The van der Waals surface area contributed by atoms with Crippen molar-refractivity contribution >= 4 is 11.6 Å². The lowest BCUT2D eigenvalue weighted by Gasteiger charge is -2.43. The zero-order valence-corrected chi connectivity index (χ0v) is 17.4. The predicted molar refractivity (Wildman–Crippen MR) is 121 cm³/mol. The standard InChI is InChI=1S/C24H30N6/c1-2-4-9-21(10-5-3-1)29-16-6-8-19-18-25-24(28-23(19)29)27-20-11-13-22(14-12-20)30-17-7-15-26-30/h6-7,11-18,21,23H,1-5,8-10H2,(H2,25,27,28). The lowest BCUT2D eigenvalue weighted by Crippen LogP contribution is -2.54. The first-order chi connectivity index (χ1) is 14.9. The highest BCUT2D eigenvalue weighted by atomic mass is 15.3. The van der Waals surface area contributed by atoms with E-state index in [0.717, 1.165) is 23.8 Å². The number of hydrogen-bond acceptors (Lipinski definition) is 5. The third-order valence-corrected chi connectivity index (χ3v) is 6.31. The molecular formula is C24H30N6. The van der Waals surface area contributed by atoms with E-state index in [1.54, 1.807) is 6.20 Å². The molecule has 0 saturated heterocycles. The number of rotatable bonds is 3. The van der Waals surface area contributed by atoms with Gasteiger partial charge in [0.1, 0.15) is 6.17 Å². The first-order valence-corrected chi connectivity index (χ1v) is 11.2. The van der Waals surface area contributed by atoms with Gasteiger partial charge in [-0.1, -0.05) is 38.2 Å². The zero-order chi connectivity index (χ0) is 20.2. The molecule has 1 fully saturated rings. The van der Waals surface area contributed by atoms with E-state index in [4.69, 9.17) is 0 Å². The highest BCUT2D eigenvalue weighted by molar-refractivity contribution is 5.95. The molecule has 1 saturated carbocycles. The lowest BCUT2D eigenvalue weighted by atomic mass is 9.93. The Kier molecular flexibility index (Phi) is 5.55. The molecule has 2 N–H and O–H groups in total. The van der Waals surface area contributed by atoms with Gasteiger partial charge in [-0.15, -0.1) is 0 Å². The number of benzene rings is 1. The van der Waals surface area contributed by atoms with Crippen molar-refractivity contribution in [2.24, 2.45) is 4.99 Å². The van der Waals surface area contributed by atoms with Crippen molar-refractivity contribution in [1.29, 1.82) is 0 Å². The van der Waals surface area contributed by atoms with Crippen molar-refractivity contribution in [2.45, 2.75) is 63.6 Å². The number of nitrogens with one attached hydrogen (secondary N) is 2. The average molecular weight is 403 g/mol. The number of aliphatic imine (C=N–C) groups is 1. The summed E-state index contributed by atoms with van der Waals surface area (Å²) in [4.78, 5) is 7.19. The molecule has 0 bridgehead atoms. The van der Waals surface area contributed by atoms with E-state index in [-0.39, 0.29) is 6.17 Å². The molecule has 6 nitrogen and oxygen atoms in total. The Morgan fingerprint density at radius 3 is 2.57 bits per heavy atom. The smallest absolute Gasteiger partial charge is 0.202 e. The molecular weight excluding hydrogens is 372 g/mol. The Balaban J connectivity index is 1.28. The summed E-state index contributed by atoms with van der Waals surface area (Å²) < 4.78 is 1.86. The number of aromatic nitrogens is 2. The van der Waals surface area contributed by atoms with Crippen molar-refractivity contribution in [3.8, 4) is 5.69 Å². The lowest BCUT2D eigenvalue weighted by molar-refractivity contribution is 0.173. The van der Waals surface area contributed by atoms with E-state index in [0.29, 0.717) is 6.04 Å². The van der Waals surface area contributed by atoms with Crippen LogP contribution in [0.15, 0.2) is 71.8 Å². The number of allylic oxidation sites excluding steroid dienone is 1. The first kappa shape index (κ1) is 19.0. The van der Waals surface area contributed by atoms with Crippen molar-refractivity contribution in [1.82, 2.24) is 20.0 Å². The van der Waals surface area contributed by atoms with Crippen LogP contribution in [0.2, 0.25) is 0 Å². The third-order valence-electron chi connectivity index (χ3n) is 6.31. The fourth-order valence-corrected chi connectivity index (χ4v) is 4.69. The summed E-state index contributed by atoms with van der Waals surface area (Å²) in [6, 6.07) is 10.8. The van der Waals surface area contributed by atoms with Crippen molar-refractivity contribution in [3.05, 3.63) is 66.8 Å². The Bertz CT molecular complexity index is 917. The van der Waals surface area contributed by atoms with Crippen LogP contribution in [-0.2, 0) is 0 Å². The van der Waals surface area contributed by atoms with Crippen LogP contribution < -0.4 is 10.6 Å². The SMILES string of the molecule is C1=CN(C2CCCCCCC2)C2NC(Nc3ccc(-n4cccn4)cc3)=NC=C2C1. The van der Waals surface area contributed by atoms with E-state index < -0.39 is 0 Å². The molecule has 1 atom stereocenters. The molecule has 0 radical (unpaired) electrons. The van der Waals surface area contributed by atoms with Gasteiger partial charge < -0.3 is 15.5 Å². The Morgan fingerprint density at radius 2 is 1.80 bits per heavy atom. The topological polar surface area (TPSA) is 57.5 Å². The van der Waals surface area contributed by atoms with Crippen molar-refractivity contribution < 1.29 is 0 Å². The second-order valence-corrected chi connectivity index (χ2v) is 8.39. The van der Waals surface area contributed by atoms with Crippen molar-refractivity contribution in [3.63, 3.8) is 0 Å². The molecule has 1 aromatic carbocycles. The van der Waals surface area contributed by atoms with E-state index in [9.17, 15) is 0 Å². The maximum Gasteiger partial charge on any atom is 0.202 e. The van der Waals surface area contributed by atoms with Gasteiger partial charge in [0, 0.05) is 30.3 Å². The number of hydrogen-bond donors (Lipinski definition) is 2. The molecule has 0 amide bonds. The first-order valence-electron chi connectivity index (χ1n) is 11.2. The number of nitrogens with zero attached hydrogens (tertiary/aromatic N) is 4. The molecule has 6 heteroatoms. The Morgan fingerprint density at radius 1 is 1.00 bits per heavy atom. The summed E-state index contributed by atoms with van der Waals surface area (Å²) >= 11 is 0. The van der Waals surface area contributed by atoms with E-state index in [2.05, 4.69) is 62.2 Å². The van der Waals surface area contributed by atoms with Gasteiger partial charge in [-0.3, -0.25) is 0 Å². The largest absolute Gasteiger partial charge is 0.351 e. The molecule has 2 aromatic rings. The maximum atomic E-state index is 4.65. The Hall–Kier alpha value is -3.02. The van der Waals surface area contributed by atoms with Crippen LogP contribution in [0.25, 0.3) is 5.69 Å². The average Bonchev–Trinajstić information content (AvgIpc) is 3.29. The monoisotopic (exact) mass is 402 g/mol. The zero-order valence-electron chi connectivity index (χ0n) is 17.4. The van der Waals surface area contributed by atoms with E-state index >= 15 is 0 Å². The van der Waals surface area contributed by atoms with Crippen LogP contribution in [0.5, 0.6) is 0 Å². The summed E-state index contributed by atoms with van der Waals surface area (Å²) in [6.07, 6.45) is 20.9. The minimum absolute atomic E-state index is 0.197. The summed E-state index contributed by atoms with van der Waals surface area (Å²) in [6.45, 7) is 0. The fraction of sp³-hybridized carbons (Fsp3) is 0.417. The highest BCUT2D eigenvalue weighted by Crippen LogP contribution is 2.29. The maximum absolute atomic E-state index is 4.65. The summed E-state index contributed by atoms with van der Waals surface area (Å²) in [5.74, 6) is 0.807. The molecule has 30 heavy (non-hydrogen) atoms. The van der Waals surface area contributed by atoms with Crippen LogP contribution >= 0.6 is 0 Å². The molecule has 156 valence electrons. The molecule has 2 aliphatic heterocycles. The minimum atomic E-state index is 0.197. The van der Waals surface area contributed by atoms with Gasteiger partial charge in [0.25, 0.3) is 0 Å². The molecule has 1 unspecified atom stereocenters. The summed E-state index contributed by atoms with van der Waals surface area (Å²) in [5, 5.41) is 11.4. The second-order valence-electron chi connectivity index (χ2n) is 8.39. The highest BCUT2D eigenvalue weighted by Gasteiger charge is 2.31. The van der Waals surface area contributed by atoms with Gasteiger partial charge in [-0.25, -0.2) is 9.67 Å². The summed E-state index contributed by atoms with van der Waals surface area (Å²) in [7, 11) is 0. The molecule has 3 aliphatic rings. The molecule has 1 aromatic heterocycles. The molecule has 3 heterocycles. The number of guanidine groups is 1. The number of fused-ring (bicyclic) bond motifs is 1. The third kappa shape index (κ3) is 4.13. The minimum Gasteiger partial charge on any atom is -0.351 e. The van der Waals surface area contributed by atoms with Crippen LogP contribution in [0, 0.1) is 0 Å². The van der Waals surface area contributed by atoms with Gasteiger partial charge in [0.05, 0.1) is 5.69 Å². The molecule has 0 spiro atoms. The Labute approximate surface area is 178 Å². The van der Waals surface area contributed by atoms with Crippen LogP contribution in [0.3, 0.4) is 0 Å². The van der Waals surface area contributed by atoms with E-state index in [1.165, 1.54) is 50.5 Å².